The second-order valence-corrected chi connectivity index (χ2v) is 10.9. The number of rotatable bonds is 6. The molecule has 0 atom stereocenters. The van der Waals surface area contributed by atoms with Crippen molar-refractivity contribution in [1.82, 2.24) is 15.0 Å². The lowest BCUT2D eigenvalue weighted by Gasteiger charge is -2.26. The van der Waals surface area contributed by atoms with E-state index in [2.05, 4.69) is 41.3 Å². The van der Waals surface area contributed by atoms with Gasteiger partial charge in [-0.15, -0.1) is 0 Å². The summed E-state index contributed by atoms with van der Waals surface area (Å²) < 4.78 is 18.4. The third-order valence-electron chi connectivity index (χ3n) is 7.94. The molecule has 0 spiro atoms. The van der Waals surface area contributed by atoms with Crippen molar-refractivity contribution < 1.29 is 13.3 Å². The SMILES string of the molecule is c1cc(-c2nc3ccccc3o2)cc(N(c2cccc(-c3nc4ccccc4o3)c2)c2cccc(-c3nc4ccccc4o3)c2)c1. The van der Waals surface area contributed by atoms with Gasteiger partial charge in [-0.2, -0.15) is 0 Å². The lowest BCUT2D eigenvalue weighted by atomic mass is 10.1. The van der Waals surface area contributed by atoms with Crippen LogP contribution in [0.2, 0.25) is 0 Å². The Hall–Kier alpha value is -6.47. The van der Waals surface area contributed by atoms with Gasteiger partial charge in [-0.3, -0.25) is 0 Å². The zero-order chi connectivity index (χ0) is 30.5. The Bertz CT molecular complexity index is 2150. The van der Waals surface area contributed by atoms with Gasteiger partial charge in [-0.1, -0.05) is 54.6 Å². The summed E-state index contributed by atoms with van der Waals surface area (Å²) in [6.07, 6.45) is 0. The lowest BCUT2D eigenvalue weighted by Crippen LogP contribution is -2.10. The third-order valence-corrected chi connectivity index (χ3v) is 7.94. The van der Waals surface area contributed by atoms with E-state index in [9.17, 15) is 0 Å². The number of oxazole rings is 3. The number of para-hydroxylation sites is 6. The molecule has 9 aromatic rings. The van der Waals surface area contributed by atoms with Gasteiger partial charge in [0.05, 0.1) is 0 Å². The first-order chi connectivity index (χ1) is 22.7. The predicted molar refractivity (Wildman–Crippen MR) is 180 cm³/mol. The lowest BCUT2D eigenvalue weighted by molar-refractivity contribution is 0.619. The van der Waals surface area contributed by atoms with Crippen LogP contribution in [0, 0.1) is 0 Å². The third kappa shape index (κ3) is 4.58. The monoisotopic (exact) mass is 596 g/mol. The summed E-state index contributed by atoms with van der Waals surface area (Å²) in [4.78, 5) is 16.4. The summed E-state index contributed by atoms with van der Waals surface area (Å²) in [7, 11) is 0. The number of hydrogen-bond donors (Lipinski definition) is 0. The van der Waals surface area contributed by atoms with E-state index in [1.165, 1.54) is 0 Å². The highest BCUT2D eigenvalue weighted by atomic mass is 16.4. The molecule has 0 saturated heterocycles. The number of nitrogens with zero attached hydrogens (tertiary/aromatic N) is 4. The molecule has 0 radical (unpaired) electrons. The molecule has 0 aliphatic rings. The summed E-state index contributed by atoms with van der Waals surface area (Å²) in [6.45, 7) is 0. The summed E-state index contributed by atoms with van der Waals surface area (Å²) in [6, 6.07) is 47.9. The van der Waals surface area contributed by atoms with Crippen LogP contribution in [0.15, 0.2) is 159 Å². The number of benzene rings is 6. The Morgan fingerprint density at radius 2 is 0.674 bits per heavy atom. The Kier molecular flexibility index (Phi) is 5.99. The highest BCUT2D eigenvalue weighted by Gasteiger charge is 2.19. The Labute approximate surface area is 263 Å². The molecule has 6 aromatic carbocycles. The van der Waals surface area contributed by atoms with Gasteiger partial charge in [0.25, 0.3) is 0 Å². The molecular formula is C39H24N4O3. The van der Waals surface area contributed by atoms with Gasteiger partial charge < -0.3 is 18.2 Å². The van der Waals surface area contributed by atoms with E-state index < -0.39 is 0 Å². The molecule has 7 nitrogen and oxygen atoms in total. The molecule has 0 N–H and O–H groups in total. The molecule has 9 rings (SSSR count). The van der Waals surface area contributed by atoms with Crippen LogP contribution in [-0.2, 0) is 0 Å². The molecule has 7 heteroatoms. The second kappa shape index (κ2) is 10.6. The second-order valence-electron chi connectivity index (χ2n) is 10.9. The molecular weight excluding hydrogens is 572 g/mol. The maximum absolute atomic E-state index is 6.14. The molecule has 0 bridgehead atoms. The van der Waals surface area contributed by atoms with Gasteiger partial charge >= 0.3 is 0 Å². The first kappa shape index (κ1) is 26.0. The van der Waals surface area contributed by atoms with Gasteiger partial charge in [0.15, 0.2) is 16.7 Å². The topological polar surface area (TPSA) is 81.3 Å². The fraction of sp³-hybridized carbons (Fsp3) is 0. The minimum atomic E-state index is 0.559. The normalized spacial score (nSPS) is 11.5. The van der Waals surface area contributed by atoms with Gasteiger partial charge in [0, 0.05) is 33.8 Å². The van der Waals surface area contributed by atoms with Gasteiger partial charge in [-0.25, -0.2) is 15.0 Å². The maximum atomic E-state index is 6.14. The van der Waals surface area contributed by atoms with Crippen LogP contribution in [0.4, 0.5) is 17.1 Å². The number of hydrogen-bond acceptors (Lipinski definition) is 7. The molecule has 0 aliphatic heterocycles. The Morgan fingerprint density at radius 3 is 1.00 bits per heavy atom. The van der Waals surface area contributed by atoms with Crippen molar-refractivity contribution in [1.29, 1.82) is 0 Å². The van der Waals surface area contributed by atoms with E-state index in [1.54, 1.807) is 0 Å². The van der Waals surface area contributed by atoms with E-state index in [1.807, 2.05) is 109 Å². The molecule has 0 aliphatic carbocycles. The quantitative estimate of drug-likeness (QED) is 0.189. The van der Waals surface area contributed by atoms with E-state index in [0.717, 1.165) is 67.1 Å². The first-order valence-electron chi connectivity index (χ1n) is 14.9. The Morgan fingerprint density at radius 1 is 0.348 bits per heavy atom. The summed E-state index contributed by atoms with van der Waals surface area (Å²) in [5.74, 6) is 1.68. The van der Waals surface area contributed by atoms with Gasteiger partial charge in [-0.05, 0) is 91.0 Å². The van der Waals surface area contributed by atoms with E-state index in [4.69, 9.17) is 28.2 Å². The van der Waals surface area contributed by atoms with E-state index in [-0.39, 0.29) is 0 Å². The van der Waals surface area contributed by atoms with Crippen LogP contribution in [0.3, 0.4) is 0 Å². The van der Waals surface area contributed by atoms with Crippen molar-refractivity contribution in [2.75, 3.05) is 4.90 Å². The van der Waals surface area contributed by atoms with Crippen LogP contribution in [-0.4, -0.2) is 15.0 Å². The van der Waals surface area contributed by atoms with Crippen molar-refractivity contribution in [3.8, 4) is 34.4 Å². The van der Waals surface area contributed by atoms with E-state index in [0.29, 0.717) is 17.7 Å². The zero-order valence-corrected chi connectivity index (χ0v) is 24.4. The summed E-state index contributed by atoms with van der Waals surface area (Å²) in [5, 5.41) is 0. The zero-order valence-electron chi connectivity index (χ0n) is 24.4. The number of aromatic nitrogens is 3. The highest BCUT2D eigenvalue weighted by Crippen LogP contribution is 2.40. The fourth-order valence-corrected chi connectivity index (χ4v) is 5.77. The minimum Gasteiger partial charge on any atom is -0.436 e. The molecule has 3 aromatic heterocycles. The standard InChI is InChI=1S/C39H24N4O3/c1-4-19-34-31(16-1)40-37(44-34)25-10-7-13-28(22-25)43(29-14-8-11-26(23-29)38-41-32-17-2-5-20-35(32)45-38)30-15-9-12-27(24-30)39-42-33-18-3-6-21-36(33)46-39/h1-24H. The van der Waals surface area contributed by atoms with Crippen LogP contribution < -0.4 is 4.90 Å². The molecule has 0 unspecified atom stereocenters. The highest BCUT2D eigenvalue weighted by molar-refractivity contribution is 5.85. The van der Waals surface area contributed by atoms with Gasteiger partial charge in [0.1, 0.15) is 16.6 Å². The fourth-order valence-electron chi connectivity index (χ4n) is 5.77. The summed E-state index contributed by atoms with van der Waals surface area (Å²) >= 11 is 0. The number of anilines is 3. The Balaban J connectivity index is 1.19. The molecule has 3 heterocycles. The molecule has 46 heavy (non-hydrogen) atoms. The molecule has 0 saturated carbocycles. The van der Waals surface area contributed by atoms with Crippen molar-refractivity contribution in [3.05, 3.63) is 146 Å². The largest absolute Gasteiger partial charge is 0.436 e. The average Bonchev–Trinajstić information content (AvgIpc) is 3.86. The van der Waals surface area contributed by atoms with Crippen molar-refractivity contribution in [2.24, 2.45) is 0 Å². The molecule has 0 fully saturated rings. The maximum Gasteiger partial charge on any atom is 0.227 e. The van der Waals surface area contributed by atoms with Gasteiger partial charge in [0.2, 0.25) is 17.7 Å². The van der Waals surface area contributed by atoms with Crippen LogP contribution in [0.25, 0.3) is 67.7 Å². The minimum absolute atomic E-state index is 0.559. The van der Waals surface area contributed by atoms with Crippen LogP contribution in [0.1, 0.15) is 0 Å². The molecule has 218 valence electrons. The van der Waals surface area contributed by atoms with E-state index >= 15 is 0 Å². The number of fused-ring (bicyclic) bond motifs is 3. The average molecular weight is 597 g/mol. The van der Waals surface area contributed by atoms with Crippen molar-refractivity contribution in [3.63, 3.8) is 0 Å². The van der Waals surface area contributed by atoms with Crippen LogP contribution >= 0.6 is 0 Å². The van der Waals surface area contributed by atoms with Crippen LogP contribution in [0.5, 0.6) is 0 Å². The van der Waals surface area contributed by atoms with Crippen molar-refractivity contribution >= 4 is 50.4 Å². The first-order valence-corrected chi connectivity index (χ1v) is 14.9. The van der Waals surface area contributed by atoms with Crippen molar-refractivity contribution in [2.45, 2.75) is 0 Å². The molecule has 0 amide bonds. The summed E-state index contributed by atoms with van der Waals surface area (Å²) in [5.41, 5.74) is 10.0. The predicted octanol–water partition coefficient (Wildman–Crippen LogP) is 10.6. The smallest absolute Gasteiger partial charge is 0.227 e.